The zero-order valence-corrected chi connectivity index (χ0v) is 15.0. The van der Waals surface area contributed by atoms with Gasteiger partial charge in [-0.15, -0.1) is 0 Å². The van der Waals surface area contributed by atoms with Crippen molar-refractivity contribution in [2.45, 2.75) is 6.92 Å². The van der Waals surface area contributed by atoms with Crippen LogP contribution >= 0.6 is 15.9 Å². The van der Waals surface area contributed by atoms with E-state index in [1.807, 2.05) is 43.3 Å². The minimum Gasteiger partial charge on any atom is -0.349 e. The Labute approximate surface area is 144 Å². The lowest BCUT2D eigenvalue weighted by Crippen LogP contribution is -2.32. The molecule has 6 nitrogen and oxygen atoms in total. The number of nitrogens with one attached hydrogen (secondary N) is 2. The fraction of sp³-hybridized carbons (Fsp3) is 0.312. The van der Waals surface area contributed by atoms with Crippen LogP contribution in [0.3, 0.4) is 0 Å². The van der Waals surface area contributed by atoms with E-state index in [2.05, 4.69) is 36.5 Å². The molecule has 0 bridgehead atoms. The Hall–Kier alpha value is -1.99. The average Bonchev–Trinajstić information content (AvgIpc) is 2.48. The molecule has 0 unspecified atom stereocenters. The molecule has 2 aromatic rings. The highest BCUT2D eigenvalue weighted by Crippen LogP contribution is 2.18. The number of hydrogen-bond acceptors (Lipinski definition) is 5. The zero-order valence-electron chi connectivity index (χ0n) is 13.4. The first-order valence-electron chi connectivity index (χ1n) is 7.25. The summed E-state index contributed by atoms with van der Waals surface area (Å²) in [5.41, 5.74) is 1.25. The maximum absolute atomic E-state index is 12.2. The molecule has 0 fully saturated rings. The lowest BCUT2D eigenvalue weighted by atomic mass is 10.3. The minimum absolute atomic E-state index is 0.198. The normalized spacial score (nSPS) is 10.7. The molecule has 2 N–H and O–H groups in total. The average molecular weight is 378 g/mol. The van der Waals surface area contributed by atoms with Crippen LogP contribution in [0.1, 0.15) is 16.3 Å². The molecular formula is C16H20BrN5O. The third-order valence-electron chi connectivity index (χ3n) is 3.03. The van der Waals surface area contributed by atoms with E-state index in [1.165, 1.54) is 0 Å². The second-order valence-electron chi connectivity index (χ2n) is 5.38. The van der Waals surface area contributed by atoms with Crippen molar-refractivity contribution >= 4 is 33.3 Å². The number of likely N-dealkylation sites (N-methyl/N-ethyl adjacent to an activating group) is 1. The van der Waals surface area contributed by atoms with E-state index in [4.69, 9.17) is 0 Å². The number of benzene rings is 1. The molecule has 0 saturated heterocycles. The molecule has 0 atom stereocenters. The smallest absolute Gasteiger partial charge is 0.270 e. The molecule has 0 aliphatic rings. The maximum Gasteiger partial charge on any atom is 0.270 e. The zero-order chi connectivity index (χ0) is 16.8. The Balaban J connectivity index is 2.08. The van der Waals surface area contributed by atoms with Gasteiger partial charge >= 0.3 is 0 Å². The Morgan fingerprint density at radius 3 is 2.57 bits per heavy atom. The van der Waals surface area contributed by atoms with Gasteiger partial charge in [-0.1, -0.05) is 15.9 Å². The number of amides is 1. The molecule has 122 valence electrons. The Kier molecular flexibility index (Phi) is 6.06. The summed E-state index contributed by atoms with van der Waals surface area (Å²) in [6.07, 6.45) is 0. The second kappa shape index (κ2) is 8.03. The monoisotopic (exact) mass is 377 g/mol. The Bertz CT molecular complexity index is 673. The van der Waals surface area contributed by atoms with Crippen molar-refractivity contribution in [3.63, 3.8) is 0 Å². The van der Waals surface area contributed by atoms with Crippen LogP contribution in [0.25, 0.3) is 0 Å². The Morgan fingerprint density at radius 1 is 1.22 bits per heavy atom. The number of carbonyl (C=O) groups is 1. The predicted molar refractivity (Wildman–Crippen MR) is 95.1 cm³/mol. The summed E-state index contributed by atoms with van der Waals surface area (Å²) in [6.45, 7) is 3.12. The van der Waals surface area contributed by atoms with Gasteiger partial charge in [-0.2, -0.15) is 0 Å². The number of hydrogen-bond donors (Lipinski definition) is 2. The first kappa shape index (κ1) is 17.4. The predicted octanol–water partition coefficient (Wildman–Crippen LogP) is 2.58. The van der Waals surface area contributed by atoms with Crippen LogP contribution in [0.2, 0.25) is 0 Å². The van der Waals surface area contributed by atoms with E-state index in [-0.39, 0.29) is 5.91 Å². The van der Waals surface area contributed by atoms with Gasteiger partial charge < -0.3 is 15.5 Å². The molecule has 2 rings (SSSR count). The van der Waals surface area contributed by atoms with E-state index in [0.717, 1.165) is 16.7 Å². The van der Waals surface area contributed by atoms with Gasteiger partial charge in [-0.3, -0.25) is 4.79 Å². The van der Waals surface area contributed by atoms with E-state index >= 15 is 0 Å². The maximum atomic E-state index is 12.2. The van der Waals surface area contributed by atoms with Crippen LogP contribution in [0.15, 0.2) is 34.8 Å². The van der Waals surface area contributed by atoms with Gasteiger partial charge in [-0.05, 0) is 45.3 Å². The lowest BCUT2D eigenvalue weighted by molar-refractivity contribution is 0.0945. The molecule has 0 aliphatic heterocycles. The summed E-state index contributed by atoms with van der Waals surface area (Å²) in [4.78, 5) is 22.7. The van der Waals surface area contributed by atoms with Crippen molar-refractivity contribution in [1.82, 2.24) is 20.2 Å². The van der Waals surface area contributed by atoms with Gasteiger partial charge in [0.05, 0.1) is 0 Å². The van der Waals surface area contributed by atoms with Crippen LogP contribution in [0, 0.1) is 6.92 Å². The fourth-order valence-corrected chi connectivity index (χ4v) is 2.18. The van der Waals surface area contributed by atoms with Crippen molar-refractivity contribution in [2.75, 3.05) is 32.5 Å². The molecule has 1 aromatic carbocycles. The molecule has 1 aromatic heterocycles. The molecule has 0 aliphatic carbocycles. The minimum atomic E-state index is -0.198. The summed E-state index contributed by atoms with van der Waals surface area (Å²) < 4.78 is 1.00. The molecule has 7 heteroatoms. The quantitative estimate of drug-likeness (QED) is 0.809. The summed E-state index contributed by atoms with van der Waals surface area (Å²) >= 11 is 3.40. The molecule has 1 heterocycles. The Morgan fingerprint density at radius 2 is 1.91 bits per heavy atom. The number of aryl methyl sites for hydroxylation is 1. The van der Waals surface area contributed by atoms with Crippen molar-refractivity contribution in [1.29, 1.82) is 0 Å². The van der Waals surface area contributed by atoms with Crippen LogP contribution in [0.5, 0.6) is 0 Å². The van der Waals surface area contributed by atoms with Crippen molar-refractivity contribution in [3.8, 4) is 0 Å². The highest BCUT2D eigenvalue weighted by Gasteiger charge is 2.10. The van der Waals surface area contributed by atoms with Crippen LogP contribution < -0.4 is 10.6 Å². The van der Waals surface area contributed by atoms with Gasteiger partial charge in [0, 0.05) is 29.3 Å². The van der Waals surface area contributed by atoms with Crippen molar-refractivity contribution < 1.29 is 4.79 Å². The van der Waals surface area contributed by atoms with E-state index < -0.39 is 0 Å². The highest BCUT2D eigenvalue weighted by atomic mass is 79.9. The molecule has 0 radical (unpaired) electrons. The SMILES string of the molecule is Cc1nc(Nc2ccc(Br)cc2)cc(C(=O)NCCN(C)C)n1. The molecule has 0 spiro atoms. The summed E-state index contributed by atoms with van der Waals surface area (Å²) in [5, 5.41) is 6.03. The van der Waals surface area contributed by atoms with E-state index in [9.17, 15) is 4.79 Å². The lowest BCUT2D eigenvalue weighted by Gasteiger charge is -2.11. The number of nitrogens with zero attached hydrogens (tertiary/aromatic N) is 3. The fourth-order valence-electron chi connectivity index (χ4n) is 1.91. The van der Waals surface area contributed by atoms with Gasteiger partial charge in [0.1, 0.15) is 17.3 Å². The van der Waals surface area contributed by atoms with Gasteiger partial charge in [0.15, 0.2) is 0 Å². The summed E-state index contributed by atoms with van der Waals surface area (Å²) in [7, 11) is 3.92. The summed E-state index contributed by atoms with van der Waals surface area (Å²) in [6, 6.07) is 9.38. The molecule has 23 heavy (non-hydrogen) atoms. The highest BCUT2D eigenvalue weighted by molar-refractivity contribution is 9.10. The molecular weight excluding hydrogens is 358 g/mol. The largest absolute Gasteiger partial charge is 0.349 e. The van der Waals surface area contributed by atoms with Crippen LogP contribution in [-0.4, -0.2) is 48.0 Å². The van der Waals surface area contributed by atoms with Gasteiger partial charge in [-0.25, -0.2) is 9.97 Å². The van der Waals surface area contributed by atoms with Crippen molar-refractivity contribution in [2.24, 2.45) is 0 Å². The topological polar surface area (TPSA) is 70.2 Å². The molecule has 1 amide bonds. The number of carbonyl (C=O) groups excluding carboxylic acids is 1. The first-order chi connectivity index (χ1) is 10.9. The molecule has 0 saturated carbocycles. The van der Waals surface area contributed by atoms with Gasteiger partial charge in [0.2, 0.25) is 0 Å². The third kappa shape index (κ3) is 5.61. The first-order valence-corrected chi connectivity index (χ1v) is 8.04. The number of halogens is 1. The third-order valence-corrected chi connectivity index (χ3v) is 3.56. The second-order valence-corrected chi connectivity index (χ2v) is 6.29. The number of aromatic nitrogens is 2. The van der Waals surface area contributed by atoms with Crippen LogP contribution in [-0.2, 0) is 0 Å². The van der Waals surface area contributed by atoms with E-state index in [0.29, 0.717) is 23.9 Å². The summed E-state index contributed by atoms with van der Waals surface area (Å²) in [5.74, 6) is 0.943. The van der Waals surface area contributed by atoms with Crippen LogP contribution in [0.4, 0.5) is 11.5 Å². The number of anilines is 2. The number of rotatable bonds is 6. The van der Waals surface area contributed by atoms with Crippen molar-refractivity contribution in [3.05, 3.63) is 46.3 Å². The standard InChI is InChI=1S/C16H20BrN5O/c1-11-19-14(16(23)18-8-9-22(2)3)10-15(20-11)21-13-6-4-12(17)5-7-13/h4-7,10H,8-9H2,1-3H3,(H,18,23)(H,19,20,21). The van der Waals surface area contributed by atoms with E-state index in [1.54, 1.807) is 13.0 Å². The van der Waals surface area contributed by atoms with Gasteiger partial charge in [0.25, 0.3) is 5.91 Å².